The van der Waals surface area contributed by atoms with Gasteiger partial charge in [-0.15, -0.1) is 11.3 Å². The van der Waals surface area contributed by atoms with Gasteiger partial charge in [0.25, 0.3) is 5.91 Å². The molecule has 0 aliphatic carbocycles. The minimum atomic E-state index is 0.0183. The van der Waals surface area contributed by atoms with Crippen LogP contribution in [0.5, 0.6) is 0 Å². The number of nitrogens with zero attached hydrogens (tertiary/aromatic N) is 3. The number of aryl methyl sites for hydroxylation is 1. The summed E-state index contributed by atoms with van der Waals surface area (Å²) in [4.78, 5) is 29.3. The number of amides is 2. The van der Waals surface area contributed by atoms with Gasteiger partial charge in [0.1, 0.15) is 4.83 Å². The number of hydrogen-bond donors (Lipinski definition) is 1. The molecule has 1 aliphatic heterocycles. The number of thiophene rings is 1. The Morgan fingerprint density at radius 1 is 1.16 bits per heavy atom. The van der Waals surface area contributed by atoms with E-state index in [1.807, 2.05) is 40.8 Å². The van der Waals surface area contributed by atoms with E-state index in [9.17, 15) is 9.59 Å². The first-order chi connectivity index (χ1) is 15.6. The van der Waals surface area contributed by atoms with E-state index in [1.165, 1.54) is 16.9 Å². The van der Waals surface area contributed by atoms with Gasteiger partial charge < -0.3 is 10.2 Å². The van der Waals surface area contributed by atoms with Gasteiger partial charge in [-0.25, -0.2) is 0 Å². The summed E-state index contributed by atoms with van der Waals surface area (Å²) < 4.78 is 2.00. The molecule has 1 N–H and O–H groups in total. The molecule has 1 aromatic carbocycles. The predicted molar refractivity (Wildman–Crippen MR) is 129 cm³/mol. The normalized spacial score (nSPS) is 14.8. The standard InChI is InChI=1S/C25H32N4O2S/c1-3-4-8-13-26-23(30)20-11-14-28(15-12-20)24(31)22-16-21-18(2)27-29(25(21)32-22)17-19-9-6-5-7-10-19/h5-7,9-10,16,20H,3-4,8,11-15,17H2,1-2H3,(H,26,30). The maximum Gasteiger partial charge on any atom is 0.264 e. The molecule has 0 unspecified atom stereocenters. The lowest BCUT2D eigenvalue weighted by Crippen LogP contribution is -2.43. The van der Waals surface area contributed by atoms with Gasteiger partial charge in [-0.05, 0) is 37.8 Å². The number of aromatic nitrogens is 2. The number of fused-ring (bicyclic) bond motifs is 1. The largest absolute Gasteiger partial charge is 0.356 e. The fourth-order valence-electron chi connectivity index (χ4n) is 4.31. The zero-order valence-electron chi connectivity index (χ0n) is 19.0. The van der Waals surface area contributed by atoms with Crippen molar-refractivity contribution in [3.63, 3.8) is 0 Å². The summed E-state index contributed by atoms with van der Waals surface area (Å²) in [5, 5.41) is 8.79. The van der Waals surface area contributed by atoms with Crippen LogP contribution < -0.4 is 5.32 Å². The van der Waals surface area contributed by atoms with Crippen LogP contribution in [0.15, 0.2) is 36.4 Å². The summed E-state index contributed by atoms with van der Waals surface area (Å²) in [6.07, 6.45) is 4.80. The molecule has 32 heavy (non-hydrogen) atoms. The highest BCUT2D eigenvalue weighted by atomic mass is 32.1. The molecule has 2 aromatic heterocycles. The van der Waals surface area contributed by atoms with Crippen LogP contribution in [0.4, 0.5) is 0 Å². The van der Waals surface area contributed by atoms with Crippen molar-refractivity contribution in [1.29, 1.82) is 0 Å². The van der Waals surface area contributed by atoms with Crippen LogP contribution >= 0.6 is 11.3 Å². The Balaban J connectivity index is 1.38. The molecular formula is C25H32N4O2S. The molecule has 0 atom stereocenters. The molecule has 0 radical (unpaired) electrons. The minimum Gasteiger partial charge on any atom is -0.356 e. The van der Waals surface area contributed by atoms with E-state index in [2.05, 4.69) is 29.5 Å². The van der Waals surface area contributed by atoms with Crippen LogP contribution in [-0.4, -0.2) is 46.1 Å². The Hall–Kier alpha value is -2.67. The Labute approximate surface area is 193 Å². The highest BCUT2D eigenvalue weighted by molar-refractivity contribution is 7.20. The van der Waals surface area contributed by atoms with Gasteiger partial charge in [-0.2, -0.15) is 5.10 Å². The van der Waals surface area contributed by atoms with Gasteiger partial charge in [0.2, 0.25) is 5.91 Å². The van der Waals surface area contributed by atoms with Gasteiger partial charge in [0.15, 0.2) is 0 Å². The highest BCUT2D eigenvalue weighted by Gasteiger charge is 2.29. The van der Waals surface area contributed by atoms with Crippen LogP contribution in [0.1, 0.15) is 60.0 Å². The molecule has 6 nitrogen and oxygen atoms in total. The second-order valence-corrected chi connectivity index (χ2v) is 9.65. The quantitative estimate of drug-likeness (QED) is 0.508. The van der Waals surface area contributed by atoms with E-state index < -0.39 is 0 Å². The smallest absolute Gasteiger partial charge is 0.264 e. The van der Waals surface area contributed by atoms with Gasteiger partial charge in [-0.1, -0.05) is 50.1 Å². The third-order valence-electron chi connectivity index (χ3n) is 6.23. The molecule has 4 rings (SSSR count). The highest BCUT2D eigenvalue weighted by Crippen LogP contribution is 2.30. The molecule has 1 saturated heterocycles. The van der Waals surface area contributed by atoms with Crippen molar-refractivity contribution in [2.24, 2.45) is 5.92 Å². The molecule has 170 valence electrons. The molecule has 0 spiro atoms. The average Bonchev–Trinajstić information content (AvgIpc) is 3.38. The lowest BCUT2D eigenvalue weighted by Gasteiger charge is -2.31. The maximum atomic E-state index is 13.2. The molecule has 0 saturated carbocycles. The topological polar surface area (TPSA) is 67.2 Å². The zero-order chi connectivity index (χ0) is 22.5. The van der Waals surface area contributed by atoms with Crippen molar-refractivity contribution >= 4 is 33.4 Å². The lowest BCUT2D eigenvalue weighted by atomic mass is 9.95. The van der Waals surface area contributed by atoms with E-state index in [4.69, 9.17) is 0 Å². The number of likely N-dealkylation sites (tertiary alicyclic amines) is 1. The average molecular weight is 453 g/mol. The number of unbranched alkanes of at least 4 members (excludes halogenated alkanes) is 2. The lowest BCUT2D eigenvalue weighted by molar-refractivity contribution is -0.126. The van der Waals surface area contributed by atoms with E-state index in [1.54, 1.807) is 0 Å². The summed E-state index contributed by atoms with van der Waals surface area (Å²) in [5.74, 6) is 0.232. The van der Waals surface area contributed by atoms with Crippen molar-refractivity contribution in [2.75, 3.05) is 19.6 Å². The molecule has 7 heteroatoms. The van der Waals surface area contributed by atoms with Gasteiger partial charge in [-0.3, -0.25) is 14.3 Å². The van der Waals surface area contributed by atoms with Crippen LogP contribution in [0.2, 0.25) is 0 Å². The number of rotatable bonds is 8. The second kappa shape index (κ2) is 10.3. The number of carbonyl (C=O) groups is 2. The van der Waals surface area contributed by atoms with Crippen molar-refractivity contribution in [1.82, 2.24) is 20.0 Å². The number of carbonyl (C=O) groups excluding carboxylic acids is 2. The van der Waals surface area contributed by atoms with Crippen LogP contribution in [0.3, 0.4) is 0 Å². The van der Waals surface area contributed by atoms with E-state index in [-0.39, 0.29) is 17.7 Å². The monoisotopic (exact) mass is 452 g/mol. The van der Waals surface area contributed by atoms with Crippen molar-refractivity contribution in [3.8, 4) is 0 Å². The Kier molecular flexibility index (Phi) is 7.25. The Bertz CT molecular complexity index is 1060. The molecular weight excluding hydrogens is 420 g/mol. The van der Waals surface area contributed by atoms with Crippen LogP contribution in [0, 0.1) is 12.8 Å². The van der Waals surface area contributed by atoms with E-state index >= 15 is 0 Å². The van der Waals surface area contributed by atoms with Gasteiger partial charge in [0.05, 0.1) is 17.1 Å². The first-order valence-corrected chi connectivity index (χ1v) is 12.5. The third kappa shape index (κ3) is 5.04. The van der Waals surface area contributed by atoms with Crippen molar-refractivity contribution < 1.29 is 9.59 Å². The second-order valence-electron chi connectivity index (χ2n) is 8.62. The van der Waals surface area contributed by atoms with Gasteiger partial charge >= 0.3 is 0 Å². The summed E-state index contributed by atoms with van der Waals surface area (Å²) in [6.45, 7) is 6.87. The number of benzene rings is 1. The molecule has 3 heterocycles. The summed E-state index contributed by atoms with van der Waals surface area (Å²) in [5.41, 5.74) is 2.14. The molecule has 0 bridgehead atoms. The molecule has 3 aromatic rings. The fourth-order valence-corrected chi connectivity index (χ4v) is 5.44. The molecule has 1 aliphatic rings. The van der Waals surface area contributed by atoms with Crippen LogP contribution in [-0.2, 0) is 11.3 Å². The molecule has 2 amide bonds. The van der Waals surface area contributed by atoms with Crippen molar-refractivity contribution in [2.45, 2.75) is 52.5 Å². The fraction of sp³-hybridized carbons (Fsp3) is 0.480. The van der Waals surface area contributed by atoms with E-state index in [0.717, 1.165) is 59.4 Å². The number of hydrogen-bond acceptors (Lipinski definition) is 4. The van der Waals surface area contributed by atoms with E-state index in [0.29, 0.717) is 19.6 Å². The van der Waals surface area contributed by atoms with Gasteiger partial charge in [0, 0.05) is 30.9 Å². The minimum absolute atomic E-state index is 0.0183. The first-order valence-electron chi connectivity index (χ1n) is 11.6. The Morgan fingerprint density at radius 3 is 2.62 bits per heavy atom. The Morgan fingerprint density at radius 2 is 1.91 bits per heavy atom. The maximum absolute atomic E-state index is 13.2. The summed E-state index contributed by atoms with van der Waals surface area (Å²) in [7, 11) is 0. The molecule has 1 fully saturated rings. The van der Waals surface area contributed by atoms with Crippen LogP contribution in [0.25, 0.3) is 10.2 Å². The number of nitrogens with one attached hydrogen (secondary N) is 1. The zero-order valence-corrected chi connectivity index (χ0v) is 19.8. The van der Waals surface area contributed by atoms with Crippen molar-refractivity contribution in [3.05, 3.63) is 52.5 Å². The number of piperidine rings is 1. The first kappa shape index (κ1) is 22.5. The SMILES string of the molecule is CCCCCNC(=O)C1CCN(C(=O)c2cc3c(C)nn(Cc4ccccc4)c3s2)CC1. The third-order valence-corrected chi connectivity index (χ3v) is 7.36. The summed E-state index contributed by atoms with van der Waals surface area (Å²) in [6, 6.07) is 12.2. The summed E-state index contributed by atoms with van der Waals surface area (Å²) >= 11 is 1.52. The predicted octanol–water partition coefficient (Wildman–Crippen LogP) is 4.61.